The van der Waals surface area contributed by atoms with Gasteiger partial charge in [-0.15, -0.1) is 11.3 Å². The van der Waals surface area contributed by atoms with E-state index in [1.807, 2.05) is 60.7 Å². The number of rotatable bonds is 12. The summed E-state index contributed by atoms with van der Waals surface area (Å²) in [6.45, 7) is 0.286. The Morgan fingerprint density at radius 1 is 0.974 bits per heavy atom. The summed E-state index contributed by atoms with van der Waals surface area (Å²) in [5.41, 5.74) is 2.48. The molecule has 9 nitrogen and oxygen atoms in total. The lowest BCUT2D eigenvalue weighted by Gasteiger charge is -2.20. The number of methoxy groups -OCH3 is 1. The molecular weight excluding hydrogens is 504 g/mol. The number of furan rings is 1. The molecule has 0 aliphatic carbocycles. The van der Waals surface area contributed by atoms with Crippen LogP contribution in [0.2, 0.25) is 0 Å². The summed E-state index contributed by atoms with van der Waals surface area (Å²) < 4.78 is 10.2. The van der Waals surface area contributed by atoms with Crippen molar-refractivity contribution in [2.24, 2.45) is 0 Å². The summed E-state index contributed by atoms with van der Waals surface area (Å²) in [6, 6.07) is 22.4. The van der Waals surface area contributed by atoms with E-state index >= 15 is 0 Å². The first-order valence-electron chi connectivity index (χ1n) is 12.0. The molecule has 0 radical (unpaired) electrons. The summed E-state index contributed by atoms with van der Waals surface area (Å²) in [5.74, 6) is -0.883. The Hall–Kier alpha value is -4.28. The van der Waals surface area contributed by atoms with Gasteiger partial charge in [-0.05, 0) is 23.3 Å². The van der Waals surface area contributed by atoms with Crippen molar-refractivity contribution in [3.05, 3.63) is 107 Å². The Morgan fingerprint density at radius 3 is 2.26 bits per heavy atom. The van der Waals surface area contributed by atoms with Crippen LogP contribution >= 0.6 is 11.3 Å². The van der Waals surface area contributed by atoms with Crippen molar-refractivity contribution >= 4 is 34.2 Å². The maximum Gasteiger partial charge on any atom is 0.290 e. The van der Waals surface area contributed by atoms with Gasteiger partial charge < -0.3 is 24.7 Å². The molecule has 10 heteroatoms. The van der Waals surface area contributed by atoms with Crippen LogP contribution in [0.5, 0.6) is 0 Å². The lowest BCUT2D eigenvalue weighted by Crippen LogP contribution is -2.39. The molecule has 0 saturated carbocycles. The number of nitrogens with one attached hydrogen (secondary N) is 2. The Bertz CT molecular complexity index is 1290. The topological polar surface area (TPSA) is 114 Å². The number of carbonyl (C=O) groups excluding carboxylic acids is 3. The van der Waals surface area contributed by atoms with E-state index in [0.29, 0.717) is 10.8 Å². The Labute approximate surface area is 224 Å². The zero-order valence-corrected chi connectivity index (χ0v) is 21.6. The molecular formula is C28H28N4O5S. The summed E-state index contributed by atoms with van der Waals surface area (Å²) in [4.78, 5) is 44.0. The molecule has 0 saturated heterocycles. The van der Waals surface area contributed by atoms with E-state index in [9.17, 15) is 14.4 Å². The van der Waals surface area contributed by atoms with Crippen LogP contribution in [0.15, 0.2) is 88.9 Å². The van der Waals surface area contributed by atoms with Crippen molar-refractivity contribution in [2.75, 3.05) is 32.1 Å². The maximum absolute atomic E-state index is 12.9. The van der Waals surface area contributed by atoms with Crippen molar-refractivity contribution in [1.29, 1.82) is 0 Å². The molecule has 2 aromatic carbocycles. The van der Waals surface area contributed by atoms with E-state index in [0.717, 1.165) is 11.1 Å². The number of hydrogen-bond donors (Lipinski definition) is 2. The number of thiazole rings is 1. The molecule has 4 aromatic rings. The molecule has 196 valence electrons. The first kappa shape index (κ1) is 26.8. The predicted octanol–water partition coefficient (Wildman–Crippen LogP) is 3.91. The summed E-state index contributed by atoms with van der Waals surface area (Å²) in [6.07, 6.45) is 1.45. The van der Waals surface area contributed by atoms with Gasteiger partial charge in [0.15, 0.2) is 10.9 Å². The third-order valence-corrected chi connectivity index (χ3v) is 6.44. The van der Waals surface area contributed by atoms with Crippen LogP contribution in [0.1, 0.15) is 33.4 Å². The number of benzene rings is 2. The van der Waals surface area contributed by atoms with Crippen molar-refractivity contribution in [3.8, 4) is 0 Å². The van der Waals surface area contributed by atoms with E-state index in [1.165, 1.54) is 29.6 Å². The molecule has 0 atom stereocenters. The van der Waals surface area contributed by atoms with E-state index in [1.54, 1.807) is 17.5 Å². The molecule has 0 aliphatic heterocycles. The number of ether oxygens (including phenoxy) is 1. The molecule has 0 fully saturated rings. The largest absolute Gasteiger partial charge is 0.459 e. The minimum Gasteiger partial charge on any atom is -0.459 e. The fourth-order valence-electron chi connectivity index (χ4n) is 3.81. The second-order valence-electron chi connectivity index (χ2n) is 8.39. The number of amides is 3. The van der Waals surface area contributed by atoms with E-state index in [2.05, 4.69) is 15.6 Å². The average Bonchev–Trinajstić information content (AvgIpc) is 3.63. The van der Waals surface area contributed by atoms with Gasteiger partial charge in [0.1, 0.15) is 6.54 Å². The van der Waals surface area contributed by atoms with Crippen LogP contribution < -0.4 is 10.6 Å². The lowest BCUT2D eigenvalue weighted by molar-refractivity contribution is -0.121. The standard InChI is InChI=1S/C28H28N4O5S/c1-36-16-14-32(27(35)23-13-8-15-37-23)18-25(34)31-28-29-22(19-38-28)17-24(33)30-26(20-9-4-2-5-10-20)21-11-6-3-7-12-21/h2-13,15,19,26H,14,16-18H2,1H3,(H,30,33)(H,29,31,34). The van der Waals surface area contributed by atoms with E-state index < -0.39 is 11.8 Å². The maximum atomic E-state index is 12.9. The number of aromatic nitrogens is 1. The highest BCUT2D eigenvalue weighted by atomic mass is 32.1. The first-order chi connectivity index (χ1) is 18.5. The number of hydrogen-bond acceptors (Lipinski definition) is 7. The first-order valence-corrected chi connectivity index (χ1v) is 12.9. The number of nitrogens with zero attached hydrogens (tertiary/aromatic N) is 2. The summed E-state index contributed by atoms with van der Waals surface area (Å²) in [5, 5.41) is 7.87. The highest BCUT2D eigenvalue weighted by molar-refractivity contribution is 7.13. The van der Waals surface area contributed by atoms with Gasteiger partial charge in [0.05, 0.1) is 31.0 Å². The zero-order valence-electron chi connectivity index (χ0n) is 20.8. The van der Waals surface area contributed by atoms with Gasteiger partial charge in [-0.25, -0.2) is 4.98 Å². The molecule has 2 N–H and O–H groups in total. The van der Waals surface area contributed by atoms with Crippen LogP contribution in [-0.4, -0.2) is 54.4 Å². The molecule has 0 unspecified atom stereocenters. The monoisotopic (exact) mass is 532 g/mol. The van der Waals surface area contributed by atoms with Crippen molar-refractivity contribution in [1.82, 2.24) is 15.2 Å². The molecule has 2 aromatic heterocycles. The normalized spacial score (nSPS) is 10.8. The van der Waals surface area contributed by atoms with E-state index in [-0.39, 0.29) is 43.8 Å². The smallest absolute Gasteiger partial charge is 0.290 e. The average molecular weight is 533 g/mol. The Kier molecular flexibility index (Phi) is 9.38. The Morgan fingerprint density at radius 2 is 1.66 bits per heavy atom. The van der Waals surface area contributed by atoms with Crippen LogP contribution in [0.25, 0.3) is 0 Å². The van der Waals surface area contributed by atoms with Gasteiger partial charge in [0.2, 0.25) is 11.8 Å². The van der Waals surface area contributed by atoms with Crippen LogP contribution in [0.3, 0.4) is 0 Å². The molecule has 0 spiro atoms. The summed E-state index contributed by atoms with van der Waals surface area (Å²) >= 11 is 1.21. The minimum atomic E-state index is -0.417. The second-order valence-corrected chi connectivity index (χ2v) is 9.25. The fourth-order valence-corrected chi connectivity index (χ4v) is 4.54. The highest BCUT2D eigenvalue weighted by Gasteiger charge is 2.22. The van der Waals surface area contributed by atoms with Crippen molar-refractivity contribution in [2.45, 2.75) is 12.5 Å². The SMILES string of the molecule is COCCN(CC(=O)Nc1nc(CC(=O)NC(c2ccccc2)c2ccccc2)cs1)C(=O)c1ccco1. The van der Waals surface area contributed by atoms with Crippen LogP contribution in [0, 0.1) is 0 Å². The molecule has 2 heterocycles. The highest BCUT2D eigenvalue weighted by Crippen LogP contribution is 2.22. The van der Waals surface area contributed by atoms with Gasteiger partial charge in [0, 0.05) is 19.0 Å². The molecule has 38 heavy (non-hydrogen) atoms. The third kappa shape index (κ3) is 7.37. The summed E-state index contributed by atoms with van der Waals surface area (Å²) in [7, 11) is 1.52. The van der Waals surface area contributed by atoms with Crippen molar-refractivity contribution in [3.63, 3.8) is 0 Å². The van der Waals surface area contributed by atoms with Crippen LogP contribution in [0.4, 0.5) is 5.13 Å². The minimum absolute atomic E-state index is 0.0550. The molecule has 0 bridgehead atoms. The van der Waals surface area contributed by atoms with Crippen molar-refractivity contribution < 1.29 is 23.5 Å². The Balaban J connectivity index is 1.36. The number of carbonyl (C=O) groups is 3. The quantitative estimate of drug-likeness (QED) is 0.286. The van der Waals surface area contributed by atoms with E-state index in [4.69, 9.17) is 9.15 Å². The van der Waals surface area contributed by atoms with Gasteiger partial charge in [-0.2, -0.15) is 0 Å². The van der Waals surface area contributed by atoms with Gasteiger partial charge in [-0.1, -0.05) is 60.7 Å². The number of anilines is 1. The molecule has 4 rings (SSSR count). The lowest BCUT2D eigenvalue weighted by atomic mass is 9.98. The second kappa shape index (κ2) is 13.3. The molecule has 3 amide bonds. The molecule has 0 aliphatic rings. The van der Waals surface area contributed by atoms with Gasteiger partial charge >= 0.3 is 0 Å². The third-order valence-electron chi connectivity index (χ3n) is 5.63. The van der Waals surface area contributed by atoms with Gasteiger partial charge in [0.25, 0.3) is 5.91 Å². The predicted molar refractivity (Wildman–Crippen MR) is 144 cm³/mol. The zero-order chi connectivity index (χ0) is 26.7. The fraction of sp³-hybridized carbons (Fsp3) is 0.214. The van der Waals surface area contributed by atoms with Crippen LogP contribution in [-0.2, 0) is 20.7 Å². The van der Waals surface area contributed by atoms with Gasteiger partial charge in [-0.3, -0.25) is 14.4 Å².